The second-order valence-corrected chi connectivity index (χ2v) is 2.82. The van der Waals surface area contributed by atoms with Gasteiger partial charge in [0.1, 0.15) is 5.75 Å². The van der Waals surface area contributed by atoms with Crippen LogP contribution >= 0.6 is 11.6 Å². The fourth-order valence-corrected chi connectivity index (χ4v) is 1.41. The molecule has 3 nitrogen and oxygen atoms in total. The first-order valence-electron chi connectivity index (χ1n) is 3.48. The van der Waals surface area contributed by atoms with Crippen molar-refractivity contribution in [1.29, 1.82) is 0 Å². The molecule has 1 N–H and O–H groups in total. The zero-order chi connectivity index (χ0) is 8.55. The van der Waals surface area contributed by atoms with Crippen molar-refractivity contribution >= 4 is 22.5 Å². The first-order chi connectivity index (χ1) is 5.83. The highest BCUT2D eigenvalue weighted by atomic mass is 35.5. The van der Waals surface area contributed by atoms with Crippen molar-refractivity contribution in [1.82, 2.24) is 10.2 Å². The fourth-order valence-electron chi connectivity index (χ4n) is 1.17. The molecule has 0 atom stereocenters. The predicted molar refractivity (Wildman–Crippen MR) is 47.7 cm³/mol. The lowest BCUT2D eigenvalue weighted by Gasteiger charge is -2.02. The number of halogens is 1. The van der Waals surface area contributed by atoms with Crippen LogP contribution in [0, 0.1) is 0 Å². The van der Waals surface area contributed by atoms with Gasteiger partial charge in [-0.25, -0.2) is 0 Å². The van der Waals surface area contributed by atoms with Crippen LogP contribution in [0.5, 0.6) is 5.75 Å². The van der Waals surface area contributed by atoms with Gasteiger partial charge in [-0.05, 0) is 12.1 Å². The van der Waals surface area contributed by atoms with Crippen LogP contribution in [0.25, 0.3) is 10.9 Å². The standard InChI is InChI=1S/C8H7ClN2O/c1-12-8-5-4-10-11-7(5)3-2-6(8)9/h2-4H,1H3,(H,10,11). The molecule has 1 heterocycles. The molecule has 1 aromatic carbocycles. The van der Waals surface area contributed by atoms with E-state index < -0.39 is 0 Å². The summed E-state index contributed by atoms with van der Waals surface area (Å²) in [5.41, 5.74) is 0.927. The third kappa shape index (κ3) is 0.940. The van der Waals surface area contributed by atoms with Gasteiger partial charge in [-0.1, -0.05) is 11.6 Å². The zero-order valence-corrected chi connectivity index (χ0v) is 7.22. The highest BCUT2D eigenvalue weighted by Crippen LogP contribution is 2.31. The van der Waals surface area contributed by atoms with E-state index in [4.69, 9.17) is 16.3 Å². The number of hydrogen-bond donors (Lipinski definition) is 1. The minimum atomic E-state index is 0.603. The summed E-state index contributed by atoms with van der Waals surface area (Å²) in [5, 5.41) is 8.23. The largest absolute Gasteiger partial charge is 0.494 e. The summed E-state index contributed by atoms with van der Waals surface area (Å²) in [7, 11) is 1.59. The number of hydrogen-bond acceptors (Lipinski definition) is 2. The second-order valence-electron chi connectivity index (χ2n) is 2.41. The number of H-pyrrole nitrogens is 1. The van der Waals surface area contributed by atoms with Gasteiger partial charge in [-0.15, -0.1) is 0 Å². The number of benzene rings is 1. The Kier molecular flexibility index (Phi) is 1.66. The van der Waals surface area contributed by atoms with Crippen LogP contribution in [0.4, 0.5) is 0 Å². The third-order valence-corrected chi connectivity index (χ3v) is 2.03. The van der Waals surface area contributed by atoms with Crippen molar-refractivity contribution in [3.8, 4) is 5.75 Å². The Morgan fingerprint density at radius 3 is 3.08 bits per heavy atom. The normalized spacial score (nSPS) is 10.5. The lowest BCUT2D eigenvalue weighted by Crippen LogP contribution is -1.84. The number of nitrogens with one attached hydrogen (secondary N) is 1. The number of rotatable bonds is 1. The number of ether oxygens (including phenoxy) is 1. The second kappa shape index (κ2) is 2.68. The van der Waals surface area contributed by atoms with Crippen LogP contribution in [0.3, 0.4) is 0 Å². The maximum atomic E-state index is 5.89. The minimum absolute atomic E-state index is 0.603. The van der Waals surface area contributed by atoms with Crippen molar-refractivity contribution in [3.05, 3.63) is 23.4 Å². The molecule has 0 aliphatic carbocycles. The van der Waals surface area contributed by atoms with Gasteiger partial charge in [0.15, 0.2) is 0 Å². The number of nitrogens with zero attached hydrogens (tertiary/aromatic N) is 1. The Bertz CT molecular complexity index is 410. The van der Waals surface area contributed by atoms with E-state index >= 15 is 0 Å². The van der Waals surface area contributed by atoms with E-state index in [2.05, 4.69) is 10.2 Å². The van der Waals surface area contributed by atoms with Gasteiger partial charge in [0.2, 0.25) is 0 Å². The van der Waals surface area contributed by atoms with E-state index in [0.717, 1.165) is 10.9 Å². The molecule has 0 aliphatic heterocycles. The molecule has 0 saturated heterocycles. The van der Waals surface area contributed by atoms with E-state index in [1.165, 1.54) is 0 Å². The lowest BCUT2D eigenvalue weighted by molar-refractivity contribution is 0.420. The maximum absolute atomic E-state index is 5.89. The fraction of sp³-hybridized carbons (Fsp3) is 0.125. The van der Waals surface area contributed by atoms with Crippen LogP contribution in [-0.4, -0.2) is 17.3 Å². The van der Waals surface area contributed by atoms with Crippen LogP contribution in [0.15, 0.2) is 18.3 Å². The van der Waals surface area contributed by atoms with E-state index in [9.17, 15) is 0 Å². The SMILES string of the molecule is COc1c(Cl)ccc2[nH]ncc12. The van der Waals surface area contributed by atoms with E-state index in [1.807, 2.05) is 6.07 Å². The van der Waals surface area contributed by atoms with Gasteiger partial charge >= 0.3 is 0 Å². The number of aromatic nitrogens is 2. The maximum Gasteiger partial charge on any atom is 0.148 e. The van der Waals surface area contributed by atoms with Gasteiger partial charge < -0.3 is 4.74 Å². The average molecular weight is 183 g/mol. The monoisotopic (exact) mass is 182 g/mol. The molecule has 0 amide bonds. The summed E-state index contributed by atoms with van der Waals surface area (Å²) >= 11 is 5.89. The quantitative estimate of drug-likeness (QED) is 0.735. The molecule has 4 heteroatoms. The van der Waals surface area contributed by atoms with Gasteiger partial charge in [0, 0.05) is 0 Å². The Morgan fingerprint density at radius 2 is 2.33 bits per heavy atom. The van der Waals surface area contributed by atoms with Crippen molar-refractivity contribution in [2.24, 2.45) is 0 Å². The van der Waals surface area contributed by atoms with Crippen LogP contribution in [0.2, 0.25) is 5.02 Å². The van der Waals surface area contributed by atoms with Crippen molar-refractivity contribution < 1.29 is 4.74 Å². The molecule has 0 radical (unpaired) electrons. The molecule has 0 fully saturated rings. The Labute approximate surface area is 74.3 Å². The Balaban J connectivity index is 2.83. The van der Waals surface area contributed by atoms with Gasteiger partial charge in [-0.3, -0.25) is 5.10 Å². The molecule has 0 bridgehead atoms. The number of aromatic amines is 1. The van der Waals surface area contributed by atoms with Gasteiger partial charge in [0.25, 0.3) is 0 Å². The molecule has 1 aromatic heterocycles. The third-order valence-electron chi connectivity index (χ3n) is 1.73. The van der Waals surface area contributed by atoms with Gasteiger partial charge in [0.05, 0.1) is 29.2 Å². The summed E-state index contributed by atoms with van der Waals surface area (Å²) < 4.78 is 5.12. The molecular formula is C8H7ClN2O. The summed E-state index contributed by atoms with van der Waals surface area (Å²) in [4.78, 5) is 0. The summed E-state index contributed by atoms with van der Waals surface area (Å²) in [6.45, 7) is 0. The van der Waals surface area contributed by atoms with Crippen LogP contribution in [-0.2, 0) is 0 Å². The van der Waals surface area contributed by atoms with Gasteiger partial charge in [-0.2, -0.15) is 5.10 Å². The summed E-state index contributed by atoms with van der Waals surface area (Å²) in [6.07, 6.45) is 1.69. The molecule has 0 saturated carbocycles. The summed E-state index contributed by atoms with van der Waals surface area (Å²) in [5.74, 6) is 0.669. The topological polar surface area (TPSA) is 37.9 Å². The molecule has 62 valence electrons. The van der Waals surface area contributed by atoms with Crippen LogP contribution in [0.1, 0.15) is 0 Å². The molecule has 0 aliphatic rings. The Hall–Kier alpha value is -1.22. The molecule has 0 spiro atoms. The molecule has 0 unspecified atom stereocenters. The van der Waals surface area contributed by atoms with Crippen molar-refractivity contribution in [2.45, 2.75) is 0 Å². The van der Waals surface area contributed by atoms with Crippen LogP contribution < -0.4 is 4.74 Å². The molecular weight excluding hydrogens is 176 g/mol. The highest BCUT2D eigenvalue weighted by molar-refractivity contribution is 6.33. The highest BCUT2D eigenvalue weighted by Gasteiger charge is 2.06. The van der Waals surface area contributed by atoms with E-state index in [0.29, 0.717) is 10.8 Å². The summed E-state index contributed by atoms with van der Waals surface area (Å²) in [6, 6.07) is 3.65. The predicted octanol–water partition coefficient (Wildman–Crippen LogP) is 2.22. The minimum Gasteiger partial charge on any atom is -0.494 e. The zero-order valence-electron chi connectivity index (χ0n) is 6.47. The lowest BCUT2D eigenvalue weighted by atomic mass is 10.2. The first-order valence-corrected chi connectivity index (χ1v) is 3.86. The Morgan fingerprint density at radius 1 is 1.50 bits per heavy atom. The molecule has 2 aromatic rings. The average Bonchev–Trinajstić information content (AvgIpc) is 2.52. The molecule has 12 heavy (non-hydrogen) atoms. The van der Waals surface area contributed by atoms with Crippen molar-refractivity contribution in [2.75, 3.05) is 7.11 Å². The number of fused-ring (bicyclic) bond motifs is 1. The van der Waals surface area contributed by atoms with E-state index in [1.54, 1.807) is 19.4 Å². The smallest absolute Gasteiger partial charge is 0.148 e. The first kappa shape index (κ1) is 7.43. The molecule has 2 rings (SSSR count). The van der Waals surface area contributed by atoms with E-state index in [-0.39, 0.29) is 0 Å². The number of methoxy groups -OCH3 is 1. The van der Waals surface area contributed by atoms with Crippen molar-refractivity contribution in [3.63, 3.8) is 0 Å².